The highest BCUT2D eigenvalue weighted by Crippen LogP contribution is 2.32. The maximum absolute atomic E-state index is 14.3. The number of nitrogens with two attached hydrogens (primary N) is 1. The van der Waals surface area contributed by atoms with Crippen molar-refractivity contribution in [2.75, 3.05) is 36.0 Å². The zero-order valence-corrected chi connectivity index (χ0v) is 20.8. The molecule has 10 nitrogen and oxygen atoms in total. The average Bonchev–Trinajstić information content (AvgIpc) is 3.54. The quantitative estimate of drug-likeness (QED) is 0.473. The van der Waals surface area contributed by atoms with Crippen molar-refractivity contribution in [1.29, 1.82) is 0 Å². The molecule has 0 amide bonds. The van der Waals surface area contributed by atoms with E-state index in [2.05, 4.69) is 30.3 Å². The highest BCUT2D eigenvalue weighted by atomic mass is 19.2. The smallest absolute Gasteiger partial charge is 0.266 e. The van der Waals surface area contributed by atoms with Crippen LogP contribution < -0.4 is 20.3 Å². The molecular formula is C24H30F3N9O. The Balaban J connectivity index is 1.16. The zero-order valence-electron chi connectivity index (χ0n) is 20.8. The maximum Gasteiger partial charge on any atom is 0.266 e. The van der Waals surface area contributed by atoms with Gasteiger partial charge in [-0.25, -0.2) is 23.1 Å². The minimum atomic E-state index is -1.22. The first-order valence-electron chi connectivity index (χ1n) is 12.5. The van der Waals surface area contributed by atoms with Gasteiger partial charge < -0.3 is 20.3 Å². The Hall–Kier alpha value is -3.48. The van der Waals surface area contributed by atoms with Gasteiger partial charge in [0.1, 0.15) is 5.82 Å². The Kier molecular flexibility index (Phi) is 7.13. The molecule has 0 aliphatic carbocycles. The second-order valence-electron chi connectivity index (χ2n) is 9.61. The summed E-state index contributed by atoms with van der Waals surface area (Å²) in [6.45, 7) is 7.02. The van der Waals surface area contributed by atoms with Crippen molar-refractivity contribution in [3.8, 4) is 5.75 Å². The van der Waals surface area contributed by atoms with Crippen LogP contribution in [0.1, 0.15) is 38.2 Å². The Morgan fingerprint density at radius 3 is 2.38 bits per heavy atom. The van der Waals surface area contributed by atoms with Crippen LogP contribution in [0.4, 0.5) is 25.1 Å². The molecule has 2 aromatic heterocycles. The van der Waals surface area contributed by atoms with Crippen LogP contribution in [0.5, 0.6) is 5.75 Å². The van der Waals surface area contributed by atoms with E-state index in [4.69, 9.17) is 10.5 Å². The van der Waals surface area contributed by atoms with Crippen LogP contribution in [0.15, 0.2) is 24.5 Å². The van der Waals surface area contributed by atoms with E-state index >= 15 is 0 Å². The van der Waals surface area contributed by atoms with E-state index in [1.165, 1.54) is 0 Å². The number of tetrazole rings is 1. The number of anilines is 2. The fourth-order valence-corrected chi connectivity index (χ4v) is 5.05. The van der Waals surface area contributed by atoms with Gasteiger partial charge in [0.15, 0.2) is 17.4 Å². The van der Waals surface area contributed by atoms with Gasteiger partial charge in [-0.2, -0.15) is 4.80 Å². The number of hydrogen-bond acceptors (Lipinski definition) is 9. The topological polar surface area (TPSA) is 111 Å². The van der Waals surface area contributed by atoms with E-state index < -0.39 is 29.4 Å². The van der Waals surface area contributed by atoms with E-state index in [1.807, 2.05) is 18.7 Å². The number of rotatable bonds is 7. The monoisotopic (exact) mass is 517 g/mol. The Morgan fingerprint density at radius 1 is 1.00 bits per heavy atom. The molecule has 0 unspecified atom stereocenters. The van der Waals surface area contributed by atoms with E-state index in [0.717, 1.165) is 32.0 Å². The Bertz CT molecular complexity index is 1220. The molecule has 2 N–H and O–H groups in total. The van der Waals surface area contributed by atoms with Gasteiger partial charge in [0.2, 0.25) is 5.95 Å². The molecule has 13 heteroatoms. The summed E-state index contributed by atoms with van der Waals surface area (Å²) in [4.78, 5) is 14.3. The molecule has 0 bridgehead atoms. The molecule has 0 spiro atoms. The second-order valence-corrected chi connectivity index (χ2v) is 9.61. The van der Waals surface area contributed by atoms with Gasteiger partial charge in [-0.3, -0.25) is 0 Å². The lowest BCUT2D eigenvalue weighted by Crippen LogP contribution is -2.39. The van der Waals surface area contributed by atoms with Gasteiger partial charge in [0, 0.05) is 44.2 Å². The third-order valence-corrected chi connectivity index (χ3v) is 7.23. The number of aromatic nitrogens is 6. The molecular weight excluding hydrogens is 487 g/mol. The average molecular weight is 518 g/mol. The summed E-state index contributed by atoms with van der Waals surface area (Å²) in [5.74, 6) is -1.65. The number of benzene rings is 1. The van der Waals surface area contributed by atoms with Crippen molar-refractivity contribution >= 4 is 11.9 Å². The van der Waals surface area contributed by atoms with Gasteiger partial charge in [0.05, 0.1) is 25.0 Å². The van der Waals surface area contributed by atoms with Crippen LogP contribution >= 0.6 is 0 Å². The highest BCUT2D eigenvalue weighted by molar-refractivity contribution is 5.39. The fourth-order valence-electron chi connectivity index (χ4n) is 5.05. The van der Waals surface area contributed by atoms with Crippen molar-refractivity contribution in [3.05, 3.63) is 47.5 Å². The molecule has 37 heavy (non-hydrogen) atoms. The van der Waals surface area contributed by atoms with Crippen LogP contribution in [0, 0.1) is 23.4 Å². The normalized spacial score (nSPS) is 21.5. The molecule has 2 saturated heterocycles. The minimum absolute atomic E-state index is 0.0307. The van der Waals surface area contributed by atoms with E-state index in [9.17, 15) is 13.2 Å². The SMILES string of the molecule is CCn1nnc(N2CCC([C@H](C)Oc3cnc(N4C[C@H](c5cc(F)c(F)cc5F)[C@@H](N)C4)nc3)CC2)n1. The molecule has 2 aliphatic heterocycles. The predicted octanol–water partition coefficient (Wildman–Crippen LogP) is 2.52. The van der Waals surface area contributed by atoms with Crippen LogP contribution in [0.25, 0.3) is 0 Å². The van der Waals surface area contributed by atoms with Crippen LogP contribution in [0.3, 0.4) is 0 Å². The molecule has 3 aromatic rings. The predicted molar refractivity (Wildman–Crippen MR) is 130 cm³/mol. The van der Waals surface area contributed by atoms with E-state index in [-0.39, 0.29) is 11.7 Å². The Morgan fingerprint density at radius 2 is 1.70 bits per heavy atom. The van der Waals surface area contributed by atoms with Crippen molar-refractivity contribution < 1.29 is 17.9 Å². The number of halogens is 3. The summed E-state index contributed by atoms with van der Waals surface area (Å²) >= 11 is 0. The highest BCUT2D eigenvalue weighted by Gasteiger charge is 2.35. The van der Waals surface area contributed by atoms with Gasteiger partial charge in [-0.05, 0) is 49.5 Å². The Labute approximate surface area is 212 Å². The first-order chi connectivity index (χ1) is 17.8. The van der Waals surface area contributed by atoms with Gasteiger partial charge in [0.25, 0.3) is 5.95 Å². The lowest BCUT2D eigenvalue weighted by Gasteiger charge is -2.34. The molecule has 5 rings (SSSR count). The summed E-state index contributed by atoms with van der Waals surface area (Å²) < 4.78 is 47.5. The largest absolute Gasteiger partial charge is 0.487 e. The van der Waals surface area contributed by atoms with Crippen LogP contribution in [-0.2, 0) is 6.54 Å². The van der Waals surface area contributed by atoms with Gasteiger partial charge >= 0.3 is 0 Å². The van der Waals surface area contributed by atoms with Gasteiger partial charge in [-0.1, -0.05) is 5.10 Å². The summed E-state index contributed by atoms with van der Waals surface area (Å²) in [5, 5.41) is 12.5. The number of aryl methyl sites for hydroxylation is 1. The number of piperidine rings is 1. The maximum atomic E-state index is 14.3. The summed E-state index contributed by atoms with van der Waals surface area (Å²) in [5.41, 5.74) is 6.26. The molecule has 2 fully saturated rings. The fraction of sp³-hybridized carbons (Fsp3) is 0.542. The summed E-state index contributed by atoms with van der Waals surface area (Å²) in [6, 6.07) is 0.960. The number of nitrogens with zero attached hydrogens (tertiary/aromatic N) is 8. The standard InChI is InChI=1S/C24H30F3N9O/c1-3-36-32-24(31-33-36)34-6-4-15(5-7-34)14(2)37-16-10-29-23(30-11-16)35-12-18(22(28)13-35)17-8-20(26)21(27)9-19(17)25/h8-11,14-15,18,22H,3-7,12-13,28H2,1-2H3/t14-,18+,22-/m0/s1. The lowest BCUT2D eigenvalue weighted by atomic mass is 9.92. The van der Waals surface area contributed by atoms with E-state index in [0.29, 0.717) is 49.3 Å². The van der Waals surface area contributed by atoms with Gasteiger partial charge in [-0.15, -0.1) is 5.10 Å². The molecule has 198 valence electrons. The van der Waals surface area contributed by atoms with Crippen molar-refractivity contribution in [2.45, 2.75) is 51.3 Å². The third kappa shape index (κ3) is 5.31. The molecule has 4 heterocycles. The van der Waals surface area contributed by atoms with Crippen LogP contribution in [0.2, 0.25) is 0 Å². The lowest BCUT2D eigenvalue weighted by molar-refractivity contribution is 0.132. The van der Waals surface area contributed by atoms with Crippen molar-refractivity contribution in [3.63, 3.8) is 0 Å². The zero-order chi connectivity index (χ0) is 26.1. The first-order valence-corrected chi connectivity index (χ1v) is 12.5. The van der Waals surface area contributed by atoms with Crippen LogP contribution in [-0.4, -0.2) is 68.5 Å². The molecule has 1 aromatic carbocycles. The summed E-state index contributed by atoms with van der Waals surface area (Å²) in [6.07, 6.45) is 5.07. The number of hydrogen-bond donors (Lipinski definition) is 1. The second kappa shape index (κ2) is 10.5. The van der Waals surface area contributed by atoms with E-state index in [1.54, 1.807) is 17.2 Å². The van der Waals surface area contributed by atoms with Crippen molar-refractivity contribution in [2.24, 2.45) is 11.7 Å². The molecule has 2 aliphatic rings. The third-order valence-electron chi connectivity index (χ3n) is 7.23. The van der Waals surface area contributed by atoms with Crippen molar-refractivity contribution in [1.82, 2.24) is 30.2 Å². The molecule has 0 radical (unpaired) electrons. The molecule has 0 saturated carbocycles. The summed E-state index contributed by atoms with van der Waals surface area (Å²) in [7, 11) is 0. The number of ether oxygens (including phenoxy) is 1. The molecule has 3 atom stereocenters. The first kappa shape index (κ1) is 25.2. The minimum Gasteiger partial charge on any atom is -0.487 e.